The van der Waals surface area contributed by atoms with E-state index in [1.165, 1.54) is 5.56 Å². The number of nitrogens with zero attached hydrogens (tertiary/aromatic N) is 1. The first kappa shape index (κ1) is 13.4. The molecule has 1 N–H and O–H groups in total. The second kappa shape index (κ2) is 5.08. The Hall–Kier alpha value is -1.57. The predicted molar refractivity (Wildman–Crippen MR) is 76.2 cm³/mol. The topological polar surface area (TPSA) is 54.3 Å². The smallest absolute Gasteiger partial charge is 0.168 e. The van der Waals surface area contributed by atoms with Gasteiger partial charge in [-0.1, -0.05) is 17.7 Å². The second-order valence-corrected chi connectivity index (χ2v) is 5.79. The Morgan fingerprint density at radius 2 is 1.65 bits per heavy atom. The summed E-state index contributed by atoms with van der Waals surface area (Å²) in [6.45, 7) is 3.40. The molecule has 106 valence electrons. The van der Waals surface area contributed by atoms with Gasteiger partial charge in [0.15, 0.2) is 5.79 Å². The Morgan fingerprint density at radius 3 is 2.20 bits per heavy atom. The molecule has 1 heterocycles. The van der Waals surface area contributed by atoms with Crippen molar-refractivity contribution in [2.24, 2.45) is 0 Å². The molecule has 4 nitrogen and oxygen atoms in total. The number of benzene rings is 1. The van der Waals surface area contributed by atoms with Gasteiger partial charge in [0.25, 0.3) is 0 Å². The van der Waals surface area contributed by atoms with E-state index >= 15 is 0 Å². The largest absolute Gasteiger partial charge is 0.367 e. The van der Waals surface area contributed by atoms with E-state index in [0.717, 1.165) is 31.4 Å². The lowest BCUT2D eigenvalue weighted by Gasteiger charge is -2.40. The molecular weight excluding hydrogens is 252 g/mol. The standard InChI is InChI=1S/C16H20N2O2/c1-13-2-4-14(5-3-13)18-15(12-17)6-8-16(9-7-15)19-10-11-20-16/h2-5,18H,6-11H2,1H3. The van der Waals surface area contributed by atoms with Gasteiger partial charge in [0.05, 0.1) is 19.3 Å². The third-order valence-electron chi connectivity index (χ3n) is 4.33. The molecule has 20 heavy (non-hydrogen) atoms. The molecule has 3 rings (SSSR count). The molecule has 2 fully saturated rings. The minimum atomic E-state index is -0.504. The molecule has 1 aliphatic heterocycles. The Labute approximate surface area is 119 Å². The van der Waals surface area contributed by atoms with Crippen LogP contribution in [0.4, 0.5) is 5.69 Å². The van der Waals surface area contributed by atoms with Gasteiger partial charge in [0.2, 0.25) is 0 Å². The lowest BCUT2D eigenvalue weighted by molar-refractivity contribution is -0.180. The van der Waals surface area contributed by atoms with Crippen LogP contribution in [-0.4, -0.2) is 24.5 Å². The molecule has 0 unspecified atom stereocenters. The number of nitrogens with one attached hydrogen (secondary N) is 1. The molecular formula is C16H20N2O2. The first-order chi connectivity index (χ1) is 9.65. The summed E-state index contributed by atoms with van der Waals surface area (Å²) in [7, 11) is 0. The quantitative estimate of drug-likeness (QED) is 0.899. The maximum absolute atomic E-state index is 9.59. The highest BCUT2D eigenvalue weighted by Gasteiger charge is 2.46. The molecule has 2 aliphatic rings. The van der Waals surface area contributed by atoms with Gasteiger partial charge in [0.1, 0.15) is 5.54 Å². The van der Waals surface area contributed by atoms with E-state index in [-0.39, 0.29) is 0 Å². The van der Waals surface area contributed by atoms with Crippen LogP contribution in [0, 0.1) is 18.3 Å². The summed E-state index contributed by atoms with van der Waals surface area (Å²) in [5.74, 6) is -0.421. The lowest BCUT2D eigenvalue weighted by Crippen LogP contribution is -2.47. The zero-order chi connectivity index (χ0) is 14.1. The number of rotatable bonds is 2. The summed E-state index contributed by atoms with van der Waals surface area (Å²) in [6, 6.07) is 10.6. The van der Waals surface area contributed by atoms with Gasteiger partial charge in [-0.15, -0.1) is 0 Å². The van der Waals surface area contributed by atoms with Crippen molar-refractivity contribution in [3.8, 4) is 6.07 Å². The maximum atomic E-state index is 9.59. The Kier molecular flexibility index (Phi) is 3.41. The third-order valence-corrected chi connectivity index (χ3v) is 4.33. The van der Waals surface area contributed by atoms with E-state index in [0.29, 0.717) is 13.2 Å². The third kappa shape index (κ3) is 2.52. The van der Waals surface area contributed by atoms with E-state index in [1.807, 2.05) is 12.1 Å². The monoisotopic (exact) mass is 272 g/mol. The van der Waals surface area contributed by atoms with E-state index in [1.54, 1.807) is 0 Å². The maximum Gasteiger partial charge on any atom is 0.168 e. The van der Waals surface area contributed by atoms with Crippen molar-refractivity contribution >= 4 is 5.69 Å². The number of ether oxygens (including phenoxy) is 2. The summed E-state index contributed by atoms with van der Waals surface area (Å²) in [5, 5.41) is 13.0. The molecule has 1 aromatic carbocycles. The molecule has 0 bridgehead atoms. The minimum absolute atomic E-state index is 0.421. The van der Waals surface area contributed by atoms with Crippen molar-refractivity contribution < 1.29 is 9.47 Å². The fourth-order valence-electron chi connectivity index (χ4n) is 3.02. The summed E-state index contributed by atoms with van der Waals surface area (Å²) in [5.41, 5.74) is 1.72. The van der Waals surface area contributed by atoms with Crippen LogP contribution in [0.5, 0.6) is 0 Å². The molecule has 1 saturated carbocycles. The van der Waals surface area contributed by atoms with Crippen LogP contribution in [0.2, 0.25) is 0 Å². The van der Waals surface area contributed by atoms with Crippen LogP contribution in [-0.2, 0) is 9.47 Å². The Balaban J connectivity index is 1.70. The van der Waals surface area contributed by atoms with Crippen molar-refractivity contribution in [1.82, 2.24) is 0 Å². The van der Waals surface area contributed by atoms with Crippen LogP contribution in [0.3, 0.4) is 0 Å². The van der Waals surface area contributed by atoms with Gasteiger partial charge in [-0.2, -0.15) is 5.26 Å². The molecule has 0 atom stereocenters. The Morgan fingerprint density at radius 1 is 1.05 bits per heavy atom. The summed E-state index contributed by atoms with van der Waals surface area (Å²) in [6.07, 6.45) is 3.05. The highest BCUT2D eigenvalue weighted by Crippen LogP contribution is 2.41. The zero-order valence-corrected chi connectivity index (χ0v) is 11.8. The average molecular weight is 272 g/mol. The summed E-state index contributed by atoms with van der Waals surface area (Å²) >= 11 is 0. The first-order valence-electron chi connectivity index (χ1n) is 7.19. The number of aryl methyl sites for hydroxylation is 1. The van der Waals surface area contributed by atoms with Crippen molar-refractivity contribution in [3.63, 3.8) is 0 Å². The van der Waals surface area contributed by atoms with E-state index < -0.39 is 11.3 Å². The summed E-state index contributed by atoms with van der Waals surface area (Å²) < 4.78 is 11.5. The van der Waals surface area contributed by atoms with Gasteiger partial charge >= 0.3 is 0 Å². The molecule has 1 spiro atoms. The van der Waals surface area contributed by atoms with Crippen LogP contribution in [0.15, 0.2) is 24.3 Å². The van der Waals surface area contributed by atoms with Crippen LogP contribution in [0.1, 0.15) is 31.2 Å². The van der Waals surface area contributed by atoms with Crippen molar-refractivity contribution in [3.05, 3.63) is 29.8 Å². The fraction of sp³-hybridized carbons (Fsp3) is 0.562. The van der Waals surface area contributed by atoms with Crippen LogP contribution in [0.25, 0.3) is 0 Å². The molecule has 1 aromatic rings. The normalized spacial score (nSPS) is 23.4. The van der Waals surface area contributed by atoms with E-state index in [2.05, 4.69) is 30.4 Å². The first-order valence-corrected chi connectivity index (χ1v) is 7.19. The van der Waals surface area contributed by atoms with E-state index in [4.69, 9.17) is 9.47 Å². The van der Waals surface area contributed by atoms with Gasteiger partial charge < -0.3 is 14.8 Å². The fourth-order valence-corrected chi connectivity index (χ4v) is 3.02. The van der Waals surface area contributed by atoms with Gasteiger partial charge in [-0.25, -0.2) is 0 Å². The highest BCUT2D eigenvalue weighted by atomic mass is 16.7. The van der Waals surface area contributed by atoms with Gasteiger partial charge in [-0.05, 0) is 31.9 Å². The molecule has 0 amide bonds. The molecule has 1 saturated heterocycles. The zero-order valence-electron chi connectivity index (χ0n) is 11.8. The van der Waals surface area contributed by atoms with Crippen LogP contribution >= 0.6 is 0 Å². The number of hydrogen-bond acceptors (Lipinski definition) is 4. The number of anilines is 1. The predicted octanol–water partition coefficient (Wildman–Crippen LogP) is 2.99. The molecule has 1 aliphatic carbocycles. The average Bonchev–Trinajstić information content (AvgIpc) is 2.93. The molecule has 4 heteroatoms. The molecule has 0 aromatic heterocycles. The van der Waals surface area contributed by atoms with Gasteiger partial charge in [0, 0.05) is 18.5 Å². The highest BCUT2D eigenvalue weighted by molar-refractivity contribution is 5.49. The van der Waals surface area contributed by atoms with Crippen LogP contribution < -0.4 is 5.32 Å². The summed E-state index contributed by atoms with van der Waals surface area (Å²) in [4.78, 5) is 0. The van der Waals surface area contributed by atoms with Gasteiger partial charge in [-0.3, -0.25) is 0 Å². The minimum Gasteiger partial charge on any atom is -0.367 e. The molecule has 0 radical (unpaired) electrons. The second-order valence-electron chi connectivity index (χ2n) is 5.79. The van der Waals surface area contributed by atoms with Crippen molar-refractivity contribution in [1.29, 1.82) is 5.26 Å². The SMILES string of the molecule is Cc1ccc(NC2(C#N)CCC3(CC2)OCCO3)cc1. The van der Waals surface area contributed by atoms with Crippen molar-refractivity contribution in [2.75, 3.05) is 18.5 Å². The Bertz CT molecular complexity index is 502. The number of hydrogen-bond donors (Lipinski definition) is 1. The lowest BCUT2D eigenvalue weighted by atomic mass is 9.79. The number of nitriles is 1. The van der Waals surface area contributed by atoms with Crippen molar-refractivity contribution in [2.45, 2.75) is 43.9 Å². The van der Waals surface area contributed by atoms with E-state index in [9.17, 15) is 5.26 Å².